The average molecular weight is 390 g/mol. The molecule has 0 aliphatic rings. The molecule has 134 valence electrons. The molecule has 0 saturated heterocycles. The number of nitrogens with zero attached hydrogens (tertiary/aromatic N) is 1. The molecule has 0 bridgehead atoms. The van der Waals surface area contributed by atoms with Crippen LogP contribution in [0.3, 0.4) is 0 Å². The molecule has 0 radical (unpaired) electrons. The smallest absolute Gasteiger partial charge is 0.307 e. The molecule has 0 unspecified atom stereocenters. The Morgan fingerprint density at radius 3 is 2.35 bits per heavy atom. The van der Waals surface area contributed by atoms with Crippen molar-refractivity contribution in [3.63, 3.8) is 0 Å². The van der Waals surface area contributed by atoms with Crippen LogP contribution in [-0.2, 0) is 10.0 Å². The summed E-state index contributed by atoms with van der Waals surface area (Å²) in [6.07, 6.45) is 1.32. The molecule has 0 aliphatic heterocycles. The van der Waals surface area contributed by atoms with Crippen LogP contribution < -0.4 is 4.31 Å². The molecule has 26 heavy (non-hydrogen) atoms. The van der Waals surface area contributed by atoms with Gasteiger partial charge in [-0.2, -0.15) is 4.31 Å². The number of hydrogen-bond donors (Lipinski definition) is 0. The van der Waals surface area contributed by atoms with Crippen molar-refractivity contribution < 1.29 is 17.6 Å². The number of carbonyl (C=O) groups excluding carboxylic acids is 1. The van der Waals surface area contributed by atoms with Crippen molar-refractivity contribution in [2.24, 2.45) is 0 Å². The van der Waals surface area contributed by atoms with E-state index in [9.17, 15) is 13.2 Å². The topological polar surface area (TPSA) is 67.6 Å². The summed E-state index contributed by atoms with van der Waals surface area (Å²) in [6.45, 7) is 3.57. The van der Waals surface area contributed by atoms with Crippen molar-refractivity contribution >= 4 is 33.2 Å². The first-order valence-electron chi connectivity index (χ1n) is 7.76. The lowest BCUT2D eigenvalue weighted by molar-refractivity contribution is 0.0979. The Bertz CT molecular complexity index is 1040. The highest BCUT2D eigenvalue weighted by Crippen LogP contribution is 2.30. The maximum atomic E-state index is 13.3. The van der Waals surface area contributed by atoms with Crippen molar-refractivity contribution in [1.82, 2.24) is 0 Å². The van der Waals surface area contributed by atoms with Crippen LogP contribution in [0.1, 0.15) is 21.7 Å². The number of hydrogen-bond acceptors (Lipinski definition) is 4. The molecular weight excluding hydrogens is 374 g/mol. The molecule has 2 aromatic carbocycles. The summed E-state index contributed by atoms with van der Waals surface area (Å²) in [6, 6.07) is 13.9. The summed E-state index contributed by atoms with van der Waals surface area (Å²) in [4.78, 5) is 12.9. The summed E-state index contributed by atoms with van der Waals surface area (Å²) in [5.74, 6) is -0.831. The number of benzene rings is 2. The van der Waals surface area contributed by atoms with Gasteiger partial charge in [0.15, 0.2) is 5.76 Å². The van der Waals surface area contributed by atoms with Gasteiger partial charge in [0.2, 0.25) is 0 Å². The van der Waals surface area contributed by atoms with E-state index in [2.05, 4.69) is 0 Å². The van der Waals surface area contributed by atoms with Crippen molar-refractivity contribution in [2.75, 3.05) is 4.31 Å². The second kappa shape index (κ2) is 6.97. The first-order chi connectivity index (χ1) is 12.3. The zero-order chi connectivity index (χ0) is 18.9. The summed E-state index contributed by atoms with van der Waals surface area (Å²) >= 11 is 5.86. The molecule has 3 aromatic rings. The number of rotatable bonds is 4. The standard InChI is InChI=1S/C19H16ClNO4S/c1-13-5-6-14(2)17(12-13)21(19(22)18-4-3-11-25-18)26(23,24)16-9-7-15(20)8-10-16/h3-12H,1-2H3. The number of amides is 1. The summed E-state index contributed by atoms with van der Waals surface area (Å²) in [7, 11) is -4.17. The normalized spacial score (nSPS) is 11.3. The largest absolute Gasteiger partial charge is 0.459 e. The summed E-state index contributed by atoms with van der Waals surface area (Å²) in [5, 5.41) is 0.402. The Kier molecular flexibility index (Phi) is 4.89. The zero-order valence-corrected chi connectivity index (χ0v) is 15.7. The van der Waals surface area contributed by atoms with Crippen LogP contribution in [0.2, 0.25) is 5.02 Å². The molecule has 0 saturated carbocycles. The minimum Gasteiger partial charge on any atom is -0.459 e. The maximum Gasteiger partial charge on any atom is 0.307 e. The highest BCUT2D eigenvalue weighted by atomic mass is 35.5. The van der Waals surface area contributed by atoms with Crippen LogP contribution >= 0.6 is 11.6 Å². The first kappa shape index (κ1) is 18.2. The van der Waals surface area contributed by atoms with Crippen molar-refractivity contribution in [2.45, 2.75) is 18.7 Å². The van der Waals surface area contributed by atoms with Gasteiger partial charge < -0.3 is 4.42 Å². The quantitative estimate of drug-likeness (QED) is 0.654. The Balaban J connectivity index is 2.22. The van der Waals surface area contributed by atoms with Gasteiger partial charge in [-0.1, -0.05) is 23.7 Å². The summed E-state index contributed by atoms with van der Waals surface area (Å²) < 4.78 is 32.4. The van der Waals surface area contributed by atoms with Crippen LogP contribution in [-0.4, -0.2) is 14.3 Å². The molecular formula is C19H16ClNO4S. The number of carbonyl (C=O) groups is 1. The van der Waals surface area contributed by atoms with E-state index in [0.29, 0.717) is 10.6 Å². The Hall–Kier alpha value is -2.57. The van der Waals surface area contributed by atoms with E-state index < -0.39 is 15.9 Å². The Labute approximate surface area is 156 Å². The molecule has 3 rings (SSSR count). The molecule has 0 aliphatic carbocycles. The maximum absolute atomic E-state index is 13.3. The van der Waals surface area contributed by atoms with E-state index in [1.54, 1.807) is 19.1 Å². The third kappa shape index (κ3) is 3.38. The molecule has 0 fully saturated rings. The lowest BCUT2D eigenvalue weighted by Gasteiger charge is -2.24. The average Bonchev–Trinajstić information content (AvgIpc) is 3.13. The van der Waals surface area contributed by atoms with E-state index >= 15 is 0 Å². The fraction of sp³-hybridized carbons (Fsp3) is 0.105. The third-order valence-electron chi connectivity index (χ3n) is 3.85. The number of furan rings is 1. The predicted octanol–water partition coefficient (Wildman–Crippen LogP) is 4.59. The van der Waals surface area contributed by atoms with Gasteiger partial charge in [0, 0.05) is 5.02 Å². The second-order valence-corrected chi connectivity index (χ2v) is 8.02. The molecule has 1 aromatic heterocycles. The number of sulfonamides is 1. The van der Waals surface area contributed by atoms with Gasteiger partial charge in [-0.05, 0) is 67.4 Å². The first-order valence-corrected chi connectivity index (χ1v) is 9.58. The lowest BCUT2D eigenvalue weighted by Crippen LogP contribution is -2.37. The number of halogens is 1. The molecule has 1 amide bonds. The third-order valence-corrected chi connectivity index (χ3v) is 5.81. The minimum absolute atomic E-state index is 0.0392. The number of aryl methyl sites for hydroxylation is 2. The van der Waals surface area contributed by atoms with Gasteiger partial charge in [0.1, 0.15) is 0 Å². The monoisotopic (exact) mass is 389 g/mol. The molecule has 0 atom stereocenters. The van der Waals surface area contributed by atoms with Crippen molar-refractivity contribution in [3.8, 4) is 0 Å². The van der Waals surface area contributed by atoms with Gasteiger partial charge in [-0.25, -0.2) is 8.42 Å². The zero-order valence-electron chi connectivity index (χ0n) is 14.1. The van der Waals surface area contributed by atoms with Gasteiger partial charge in [0.05, 0.1) is 16.8 Å². The Morgan fingerprint density at radius 2 is 1.73 bits per heavy atom. The van der Waals surface area contributed by atoms with Gasteiger partial charge in [-0.15, -0.1) is 0 Å². The van der Waals surface area contributed by atoms with E-state index in [0.717, 1.165) is 9.87 Å². The predicted molar refractivity (Wildman–Crippen MR) is 100 cm³/mol. The molecule has 1 heterocycles. The van der Waals surface area contributed by atoms with Crippen LogP contribution in [0.25, 0.3) is 0 Å². The molecule has 7 heteroatoms. The Morgan fingerprint density at radius 1 is 1.04 bits per heavy atom. The molecule has 0 N–H and O–H groups in total. The fourth-order valence-electron chi connectivity index (χ4n) is 2.50. The lowest BCUT2D eigenvalue weighted by atomic mass is 10.1. The second-order valence-electron chi connectivity index (χ2n) is 5.80. The van der Waals surface area contributed by atoms with Crippen LogP contribution in [0.5, 0.6) is 0 Å². The molecule has 0 spiro atoms. The highest BCUT2D eigenvalue weighted by Gasteiger charge is 2.34. The van der Waals surface area contributed by atoms with E-state index in [1.165, 1.54) is 42.7 Å². The number of anilines is 1. The van der Waals surface area contributed by atoms with Crippen LogP contribution in [0.4, 0.5) is 5.69 Å². The van der Waals surface area contributed by atoms with Gasteiger partial charge >= 0.3 is 5.91 Å². The van der Waals surface area contributed by atoms with Crippen LogP contribution in [0.15, 0.2) is 70.2 Å². The van der Waals surface area contributed by atoms with Gasteiger partial charge in [-0.3, -0.25) is 4.79 Å². The fourth-order valence-corrected chi connectivity index (χ4v) is 4.08. The van der Waals surface area contributed by atoms with Crippen molar-refractivity contribution in [1.29, 1.82) is 0 Å². The van der Waals surface area contributed by atoms with Crippen molar-refractivity contribution in [3.05, 3.63) is 82.8 Å². The van der Waals surface area contributed by atoms with E-state index in [1.807, 2.05) is 13.0 Å². The minimum atomic E-state index is -4.17. The molecule has 5 nitrogen and oxygen atoms in total. The SMILES string of the molecule is Cc1ccc(C)c(N(C(=O)c2ccco2)S(=O)(=O)c2ccc(Cl)cc2)c1. The highest BCUT2D eigenvalue weighted by molar-refractivity contribution is 7.93. The summed E-state index contributed by atoms with van der Waals surface area (Å²) in [5.41, 5.74) is 1.75. The van der Waals surface area contributed by atoms with E-state index in [-0.39, 0.29) is 16.3 Å². The van der Waals surface area contributed by atoms with Gasteiger partial charge in [0.25, 0.3) is 10.0 Å². The van der Waals surface area contributed by atoms with E-state index in [4.69, 9.17) is 16.0 Å². The van der Waals surface area contributed by atoms with Crippen LogP contribution in [0, 0.1) is 13.8 Å².